The van der Waals surface area contributed by atoms with Crippen molar-refractivity contribution >= 4 is 5.97 Å². The zero-order valence-corrected chi connectivity index (χ0v) is 7.29. The number of nitrogens with one attached hydrogen (secondary N) is 1. The maximum Gasteiger partial charge on any atom is 0.356 e. The summed E-state index contributed by atoms with van der Waals surface area (Å²) < 4.78 is 0. The summed E-state index contributed by atoms with van der Waals surface area (Å²) in [6, 6.07) is 1.65. The minimum Gasteiger partial charge on any atom is -0.476 e. The number of carboxylic acids is 1. The van der Waals surface area contributed by atoms with E-state index in [1.165, 1.54) is 12.8 Å². The molecule has 2 N–H and O–H groups in total. The van der Waals surface area contributed by atoms with Gasteiger partial charge in [-0.3, -0.25) is 5.10 Å². The third-order valence-electron chi connectivity index (χ3n) is 2.61. The first-order valence-corrected chi connectivity index (χ1v) is 4.56. The van der Waals surface area contributed by atoms with Crippen LogP contribution in [0.2, 0.25) is 0 Å². The number of H-pyrrole nitrogens is 1. The molecule has 0 atom stereocenters. The number of carbonyl (C=O) groups is 1. The summed E-state index contributed by atoms with van der Waals surface area (Å²) in [5.41, 5.74) is 1.11. The Labute approximate surface area is 76.0 Å². The number of hydrogen-bond acceptors (Lipinski definition) is 2. The van der Waals surface area contributed by atoms with Crippen LogP contribution in [0.25, 0.3) is 0 Å². The molecule has 0 radical (unpaired) electrons. The summed E-state index contributed by atoms with van der Waals surface area (Å²) in [6.45, 7) is 0. The number of carboxylic acid groups (broad SMARTS) is 1. The molecule has 1 aromatic heterocycles. The van der Waals surface area contributed by atoms with Gasteiger partial charge in [0.15, 0.2) is 5.69 Å². The standard InChI is InChI=1S/C9H12N2O2/c12-9(13)8-5-7(10-11-8)6-3-1-2-4-6/h5-6H,1-4H2,(H,10,11)(H,12,13). The van der Waals surface area contributed by atoms with Crippen LogP contribution in [-0.4, -0.2) is 21.3 Å². The molecular formula is C9H12N2O2. The van der Waals surface area contributed by atoms with Gasteiger partial charge in [-0.15, -0.1) is 0 Å². The van der Waals surface area contributed by atoms with E-state index in [9.17, 15) is 4.79 Å². The van der Waals surface area contributed by atoms with Crippen molar-refractivity contribution < 1.29 is 9.90 Å². The van der Waals surface area contributed by atoms with Gasteiger partial charge < -0.3 is 5.11 Å². The number of aromatic carboxylic acids is 1. The molecule has 70 valence electrons. The zero-order valence-electron chi connectivity index (χ0n) is 7.29. The smallest absolute Gasteiger partial charge is 0.356 e. The number of rotatable bonds is 2. The lowest BCUT2D eigenvalue weighted by molar-refractivity contribution is 0.0690. The normalized spacial score (nSPS) is 17.8. The first kappa shape index (κ1) is 8.29. The lowest BCUT2D eigenvalue weighted by Crippen LogP contribution is -1.95. The molecule has 1 saturated carbocycles. The Hall–Kier alpha value is -1.32. The second kappa shape index (κ2) is 3.20. The van der Waals surface area contributed by atoms with Gasteiger partial charge >= 0.3 is 5.97 Å². The van der Waals surface area contributed by atoms with Gasteiger partial charge in [-0.2, -0.15) is 5.10 Å². The fraction of sp³-hybridized carbons (Fsp3) is 0.556. The SMILES string of the molecule is O=C(O)c1cc(C2CCCC2)[nH]n1. The minimum absolute atomic E-state index is 0.127. The zero-order chi connectivity index (χ0) is 9.26. The molecule has 4 heteroatoms. The number of aromatic nitrogens is 2. The summed E-state index contributed by atoms with van der Waals surface area (Å²) in [4.78, 5) is 10.5. The van der Waals surface area contributed by atoms with Crippen molar-refractivity contribution in [3.05, 3.63) is 17.5 Å². The third-order valence-corrected chi connectivity index (χ3v) is 2.61. The molecule has 0 saturated heterocycles. The maximum absolute atomic E-state index is 10.5. The fourth-order valence-corrected chi connectivity index (χ4v) is 1.89. The Morgan fingerprint density at radius 3 is 2.77 bits per heavy atom. The molecule has 1 fully saturated rings. The fourth-order valence-electron chi connectivity index (χ4n) is 1.89. The highest BCUT2D eigenvalue weighted by atomic mass is 16.4. The molecule has 0 amide bonds. The number of nitrogens with zero attached hydrogens (tertiary/aromatic N) is 1. The molecule has 1 heterocycles. The molecule has 0 spiro atoms. The molecule has 1 aliphatic carbocycles. The largest absolute Gasteiger partial charge is 0.476 e. The van der Waals surface area contributed by atoms with Crippen LogP contribution in [-0.2, 0) is 0 Å². The lowest BCUT2D eigenvalue weighted by Gasteiger charge is -2.02. The highest BCUT2D eigenvalue weighted by molar-refractivity contribution is 5.85. The predicted molar refractivity (Wildman–Crippen MR) is 46.8 cm³/mol. The second-order valence-electron chi connectivity index (χ2n) is 3.50. The summed E-state index contributed by atoms with van der Waals surface area (Å²) in [5, 5.41) is 15.2. The first-order valence-electron chi connectivity index (χ1n) is 4.56. The van der Waals surface area contributed by atoms with Crippen molar-refractivity contribution in [2.75, 3.05) is 0 Å². The van der Waals surface area contributed by atoms with Gasteiger partial charge in [0.2, 0.25) is 0 Å². The van der Waals surface area contributed by atoms with E-state index < -0.39 is 5.97 Å². The topological polar surface area (TPSA) is 66.0 Å². The quantitative estimate of drug-likeness (QED) is 0.728. The molecule has 2 rings (SSSR count). The summed E-state index contributed by atoms with van der Waals surface area (Å²) in [6.07, 6.45) is 4.79. The van der Waals surface area contributed by atoms with Gasteiger partial charge in [0.1, 0.15) is 0 Å². The number of hydrogen-bond donors (Lipinski definition) is 2. The van der Waals surface area contributed by atoms with E-state index in [1.807, 2.05) is 0 Å². The number of aromatic amines is 1. The third kappa shape index (κ3) is 1.56. The monoisotopic (exact) mass is 180 g/mol. The van der Waals surface area contributed by atoms with E-state index in [1.54, 1.807) is 6.07 Å². The molecule has 1 aliphatic rings. The summed E-state index contributed by atoms with van der Waals surface area (Å²) in [5.74, 6) is -0.457. The van der Waals surface area contributed by atoms with Gasteiger partial charge in [0.05, 0.1) is 0 Å². The molecule has 0 aromatic carbocycles. The second-order valence-corrected chi connectivity index (χ2v) is 3.50. The van der Waals surface area contributed by atoms with Crippen molar-refractivity contribution in [3.63, 3.8) is 0 Å². The van der Waals surface area contributed by atoms with E-state index in [0.29, 0.717) is 5.92 Å². The average molecular weight is 180 g/mol. The molecule has 0 aliphatic heterocycles. The van der Waals surface area contributed by atoms with Gasteiger partial charge in [0, 0.05) is 11.6 Å². The van der Waals surface area contributed by atoms with Crippen molar-refractivity contribution in [1.82, 2.24) is 10.2 Å². The molecule has 13 heavy (non-hydrogen) atoms. The average Bonchev–Trinajstić information content (AvgIpc) is 2.75. The van der Waals surface area contributed by atoms with Gasteiger partial charge in [-0.25, -0.2) is 4.79 Å². The molecule has 1 aromatic rings. The van der Waals surface area contributed by atoms with Gasteiger partial charge in [-0.05, 0) is 18.9 Å². The Morgan fingerprint density at radius 2 is 2.23 bits per heavy atom. The van der Waals surface area contributed by atoms with Crippen molar-refractivity contribution in [2.24, 2.45) is 0 Å². The maximum atomic E-state index is 10.5. The van der Waals surface area contributed by atoms with Crippen molar-refractivity contribution in [1.29, 1.82) is 0 Å². The van der Waals surface area contributed by atoms with Crippen LogP contribution in [0.1, 0.15) is 47.8 Å². The van der Waals surface area contributed by atoms with E-state index in [0.717, 1.165) is 18.5 Å². The molecule has 0 bridgehead atoms. The van der Waals surface area contributed by atoms with E-state index in [-0.39, 0.29) is 5.69 Å². The van der Waals surface area contributed by atoms with E-state index >= 15 is 0 Å². The Kier molecular flexibility index (Phi) is 2.04. The van der Waals surface area contributed by atoms with E-state index in [2.05, 4.69) is 10.2 Å². The summed E-state index contributed by atoms with van der Waals surface area (Å²) in [7, 11) is 0. The molecular weight excluding hydrogens is 168 g/mol. The van der Waals surface area contributed by atoms with E-state index in [4.69, 9.17) is 5.11 Å². The predicted octanol–water partition coefficient (Wildman–Crippen LogP) is 1.77. The molecule has 0 unspecified atom stereocenters. The van der Waals surface area contributed by atoms with Gasteiger partial charge in [-0.1, -0.05) is 12.8 Å². The van der Waals surface area contributed by atoms with Crippen LogP contribution in [0, 0.1) is 0 Å². The van der Waals surface area contributed by atoms with Crippen molar-refractivity contribution in [3.8, 4) is 0 Å². The highest BCUT2D eigenvalue weighted by Crippen LogP contribution is 2.32. The highest BCUT2D eigenvalue weighted by Gasteiger charge is 2.20. The Morgan fingerprint density at radius 1 is 1.54 bits per heavy atom. The van der Waals surface area contributed by atoms with Crippen LogP contribution in [0.5, 0.6) is 0 Å². The lowest BCUT2D eigenvalue weighted by atomic mass is 10.0. The Balaban J connectivity index is 2.16. The van der Waals surface area contributed by atoms with Crippen LogP contribution in [0.4, 0.5) is 0 Å². The summed E-state index contributed by atoms with van der Waals surface area (Å²) >= 11 is 0. The Bertz CT molecular complexity index is 313. The first-order chi connectivity index (χ1) is 6.27. The molecule has 4 nitrogen and oxygen atoms in total. The van der Waals surface area contributed by atoms with Crippen LogP contribution in [0.15, 0.2) is 6.07 Å². The van der Waals surface area contributed by atoms with Crippen LogP contribution in [0.3, 0.4) is 0 Å². The minimum atomic E-state index is -0.958. The van der Waals surface area contributed by atoms with Crippen molar-refractivity contribution in [2.45, 2.75) is 31.6 Å². The van der Waals surface area contributed by atoms with Gasteiger partial charge in [0.25, 0.3) is 0 Å². The van der Waals surface area contributed by atoms with Crippen LogP contribution >= 0.6 is 0 Å². The van der Waals surface area contributed by atoms with Crippen LogP contribution < -0.4 is 0 Å².